The number of nitrogens with zero attached hydrogens (tertiary/aromatic N) is 2. The molecule has 2 N–H and O–H groups in total. The Labute approximate surface area is 151 Å². The number of benzene rings is 1. The standard InChI is InChI=1S/C16H15BrN4O4/c1-2-25-15(23)11-6-18-16(24)20-13(11)7-21-8-19-12-4-3-9(17)5-10(12)14(21)22/h3-5,8H,2,6-7H2,1H3,(H2,18,20,24). The van der Waals surface area contributed by atoms with Gasteiger partial charge in [0.25, 0.3) is 5.56 Å². The summed E-state index contributed by atoms with van der Waals surface area (Å²) in [5.74, 6) is -0.533. The van der Waals surface area contributed by atoms with Crippen molar-refractivity contribution in [3.05, 3.63) is 50.6 Å². The van der Waals surface area contributed by atoms with E-state index in [1.165, 1.54) is 10.9 Å². The minimum atomic E-state index is -0.533. The number of ether oxygens (including phenoxy) is 1. The second kappa shape index (κ2) is 7.06. The first-order valence-electron chi connectivity index (χ1n) is 7.58. The van der Waals surface area contributed by atoms with Crippen molar-refractivity contribution in [1.29, 1.82) is 0 Å². The number of aromatic nitrogens is 2. The number of halogens is 1. The Hall–Kier alpha value is -2.68. The van der Waals surface area contributed by atoms with Crippen LogP contribution in [0, 0.1) is 0 Å². The molecule has 25 heavy (non-hydrogen) atoms. The molecule has 3 rings (SSSR count). The van der Waals surface area contributed by atoms with Gasteiger partial charge in [0.15, 0.2) is 0 Å². The Morgan fingerprint density at radius 3 is 2.96 bits per heavy atom. The van der Waals surface area contributed by atoms with Crippen LogP contribution in [0.5, 0.6) is 0 Å². The van der Waals surface area contributed by atoms with Gasteiger partial charge in [0, 0.05) is 4.47 Å². The van der Waals surface area contributed by atoms with Gasteiger partial charge in [-0.1, -0.05) is 15.9 Å². The minimum Gasteiger partial charge on any atom is -0.463 e. The number of rotatable bonds is 4. The van der Waals surface area contributed by atoms with E-state index < -0.39 is 12.0 Å². The van der Waals surface area contributed by atoms with Gasteiger partial charge in [-0.25, -0.2) is 14.6 Å². The molecule has 0 bridgehead atoms. The van der Waals surface area contributed by atoms with Gasteiger partial charge in [0.2, 0.25) is 0 Å². The summed E-state index contributed by atoms with van der Waals surface area (Å²) in [4.78, 5) is 40.6. The molecule has 1 aliphatic rings. The molecule has 0 saturated heterocycles. The zero-order valence-electron chi connectivity index (χ0n) is 13.3. The Morgan fingerprint density at radius 1 is 1.40 bits per heavy atom. The first-order chi connectivity index (χ1) is 12.0. The number of nitrogens with one attached hydrogen (secondary N) is 2. The van der Waals surface area contributed by atoms with E-state index >= 15 is 0 Å². The third-order valence-electron chi connectivity index (χ3n) is 3.69. The van der Waals surface area contributed by atoms with Crippen LogP contribution in [0.4, 0.5) is 4.79 Å². The first-order valence-corrected chi connectivity index (χ1v) is 8.37. The fourth-order valence-corrected chi connectivity index (χ4v) is 2.86. The molecule has 8 nitrogen and oxygen atoms in total. The predicted molar refractivity (Wildman–Crippen MR) is 93.9 cm³/mol. The van der Waals surface area contributed by atoms with Gasteiger partial charge < -0.3 is 15.4 Å². The molecule has 0 spiro atoms. The SMILES string of the molecule is CCOC(=O)C1=C(Cn2cnc3ccc(Br)cc3c2=O)NC(=O)NC1. The Bertz CT molecular complexity index is 951. The zero-order valence-corrected chi connectivity index (χ0v) is 14.9. The molecule has 2 amide bonds. The summed E-state index contributed by atoms with van der Waals surface area (Å²) in [6.45, 7) is 1.97. The number of esters is 1. The third kappa shape index (κ3) is 3.55. The van der Waals surface area contributed by atoms with Gasteiger partial charge >= 0.3 is 12.0 Å². The van der Waals surface area contributed by atoms with Crippen molar-refractivity contribution in [3.63, 3.8) is 0 Å². The van der Waals surface area contributed by atoms with Crippen LogP contribution < -0.4 is 16.2 Å². The van der Waals surface area contributed by atoms with Gasteiger partial charge in [-0.15, -0.1) is 0 Å². The topological polar surface area (TPSA) is 102 Å². The first kappa shape index (κ1) is 17.2. The van der Waals surface area contributed by atoms with E-state index in [2.05, 4.69) is 31.5 Å². The Morgan fingerprint density at radius 2 is 2.20 bits per heavy atom. The monoisotopic (exact) mass is 406 g/mol. The number of hydrogen-bond acceptors (Lipinski definition) is 5. The van der Waals surface area contributed by atoms with Crippen LogP contribution >= 0.6 is 15.9 Å². The molecule has 1 aliphatic heterocycles. The number of carbonyl (C=O) groups is 2. The summed E-state index contributed by atoms with van der Waals surface area (Å²) in [5, 5.41) is 5.53. The van der Waals surface area contributed by atoms with Gasteiger partial charge in [-0.05, 0) is 25.1 Å². The van der Waals surface area contributed by atoms with Crippen LogP contribution in [0.1, 0.15) is 6.92 Å². The average molecular weight is 407 g/mol. The van der Waals surface area contributed by atoms with E-state index in [-0.39, 0.29) is 30.8 Å². The molecule has 9 heteroatoms. The summed E-state index contributed by atoms with van der Waals surface area (Å²) >= 11 is 3.33. The molecule has 2 aromatic rings. The largest absolute Gasteiger partial charge is 0.463 e. The van der Waals surface area contributed by atoms with Crippen LogP contribution in [0.3, 0.4) is 0 Å². The van der Waals surface area contributed by atoms with Crippen molar-refractivity contribution in [2.45, 2.75) is 13.5 Å². The highest BCUT2D eigenvalue weighted by Crippen LogP contribution is 2.15. The average Bonchev–Trinajstić information content (AvgIpc) is 2.58. The smallest absolute Gasteiger partial charge is 0.337 e. The second-order valence-electron chi connectivity index (χ2n) is 5.32. The minimum absolute atomic E-state index is 0.00978. The number of hydrogen-bond donors (Lipinski definition) is 2. The molecular weight excluding hydrogens is 392 g/mol. The highest BCUT2D eigenvalue weighted by Gasteiger charge is 2.24. The summed E-state index contributed by atoms with van der Waals surface area (Å²) in [5.41, 5.74) is 0.899. The number of carbonyl (C=O) groups excluding carboxylic acids is 2. The molecule has 2 heterocycles. The lowest BCUT2D eigenvalue weighted by molar-refractivity contribution is -0.138. The van der Waals surface area contributed by atoms with Crippen LogP contribution in [0.25, 0.3) is 10.9 Å². The highest BCUT2D eigenvalue weighted by molar-refractivity contribution is 9.10. The molecule has 0 unspecified atom stereocenters. The fraction of sp³-hybridized carbons (Fsp3) is 0.250. The summed E-state index contributed by atoms with van der Waals surface area (Å²) < 4.78 is 7.11. The third-order valence-corrected chi connectivity index (χ3v) is 4.18. The number of urea groups is 1. The molecule has 130 valence electrons. The lowest BCUT2D eigenvalue weighted by Crippen LogP contribution is -2.45. The molecule has 1 aromatic carbocycles. The lowest BCUT2D eigenvalue weighted by Gasteiger charge is -2.21. The highest BCUT2D eigenvalue weighted by atomic mass is 79.9. The molecule has 1 aromatic heterocycles. The summed E-state index contributed by atoms with van der Waals surface area (Å²) in [7, 11) is 0. The van der Waals surface area contributed by atoms with Crippen molar-refractivity contribution >= 4 is 38.8 Å². The van der Waals surface area contributed by atoms with E-state index in [1.807, 2.05) is 0 Å². The maximum absolute atomic E-state index is 12.7. The fourth-order valence-electron chi connectivity index (χ4n) is 2.49. The van der Waals surface area contributed by atoms with Crippen molar-refractivity contribution in [2.24, 2.45) is 0 Å². The van der Waals surface area contributed by atoms with E-state index in [1.54, 1.807) is 25.1 Å². The molecule has 0 atom stereocenters. The molecule has 0 saturated carbocycles. The normalized spacial score (nSPS) is 14.2. The predicted octanol–water partition coefficient (Wildman–Crippen LogP) is 1.29. The van der Waals surface area contributed by atoms with Crippen molar-refractivity contribution in [2.75, 3.05) is 13.2 Å². The maximum atomic E-state index is 12.7. The van der Waals surface area contributed by atoms with E-state index in [0.29, 0.717) is 16.6 Å². The van der Waals surface area contributed by atoms with Crippen molar-refractivity contribution in [1.82, 2.24) is 20.2 Å². The van der Waals surface area contributed by atoms with Gasteiger partial charge in [0.1, 0.15) is 0 Å². The molecular formula is C16H15BrN4O4. The number of amides is 2. The van der Waals surface area contributed by atoms with Crippen molar-refractivity contribution < 1.29 is 14.3 Å². The van der Waals surface area contributed by atoms with Gasteiger partial charge in [-0.2, -0.15) is 0 Å². The molecule has 0 fully saturated rings. The van der Waals surface area contributed by atoms with E-state index in [0.717, 1.165) is 4.47 Å². The van der Waals surface area contributed by atoms with Crippen LogP contribution in [0.15, 0.2) is 45.1 Å². The van der Waals surface area contributed by atoms with Crippen LogP contribution in [-0.2, 0) is 16.1 Å². The van der Waals surface area contributed by atoms with Gasteiger partial charge in [0.05, 0.1) is 48.2 Å². The second-order valence-corrected chi connectivity index (χ2v) is 6.24. The quantitative estimate of drug-likeness (QED) is 0.744. The lowest BCUT2D eigenvalue weighted by atomic mass is 10.1. The zero-order chi connectivity index (χ0) is 18.0. The van der Waals surface area contributed by atoms with Crippen LogP contribution in [0.2, 0.25) is 0 Å². The summed E-state index contributed by atoms with van der Waals surface area (Å²) in [6, 6.07) is 4.78. The van der Waals surface area contributed by atoms with Gasteiger partial charge in [-0.3, -0.25) is 9.36 Å². The maximum Gasteiger partial charge on any atom is 0.337 e. The van der Waals surface area contributed by atoms with E-state index in [9.17, 15) is 14.4 Å². The number of fused-ring (bicyclic) bond motifs is 1. The van der Waals surface area contributed by atoms with Crippen LogP contribution in [-0.4, -0.2) is 34.7 Å². The number of allylic oxidation sites excluding steroid dienone is 1. The molecule has 0 aliphatic carbocycles. The van der Waals surface area contributed by atoms with Crippen molar-refractivity contribution in [3.8, 4) is 0 Å². The summed E-state index contributed by atoms with van der Waals surface area (Å²) in [6.07, 6.45) is 1.39. The molecule has 0 radical (unpaired) electrons. The Kier molecular flexibility index (Phi) is 4.84. The Balaban J connectivity index is 2.03. The van der Waals surface area contributed by atoms with E-state index in [4.69, 9.17) is 4.74 Å².